The lowest BCUT2D eigenvalue weighted by Gasteiger charge is -2.16. The number of amides is 1. The second-order valence-electron chi connectivity index (χ2n) is 6.16. The first-order valence-corrected chi connectivity index (χ1v) is 9.47. The van der Waals surface area contributed by atoms with Crippen LogP contribution in [0.2, 0.25) is 10.0 Å². The van der Waals surface area contributed by atoms with Crippen molar-refractivity contribution < 1.29 is 23.8 Å². The topological polar surface area (TPSA) is 80.9 Å². The van der Waals surface area contributed by atoms with Crippen molar-refractivity contribution in [3.63, 3.8) is 0 Å². The predicted molar refractivity (Wildman–Crippen MR) is 112 cm³/mol. The summed E-state index contributed by atoms with van der Waals surface area (Å²) in [5, 5.41) is 12.8. The van der Waals surface area contributed by atoms with Gasteiger partial charge in [-0.3, -0.25) is 4.79 Å². The molecular weight excluding hydrogens is 417 g/mol. The third kappa shape index (κ3) is 5.03. The molecule has 152 valence electrons. The maximum Gasteiger partial charge on any atom is 0.265 e. The van der Waals surface area contributed by atoms with Gasteiger partial charge in [0.2, 0.25) is 0 Å². The van der Waals surface area contributed by atoms with E-state index in [1.807, 2.05) is 0 Å². The molecule has 2 N–H and O–H groups in total. The van der Waals surface area contributed by atoms with Crippen molar-refractivity contribution in [1.29, 1.82) is 0 Å². The number of nitrogens with one attached hydrogen (secondary N) is 1. The number of aliphatic hydroxyl groups excluding tert-OH is 1. The molecule has 3 aromatic rings. The number of furan rings is 1. The van der Waals surface area contributed by atoms with E-state index < -0.39 is 6.10 Å². The van der Waals surface area contributed by atoms with Gasteiger partial charge in [-0.1, -0.05) is 23.2 Å². The first-order chi connectivity index (χ1) is 13.9. The van der Waals surface area contributed by atoms with Gasteiger partial charge in [0, 0.05) is 10.7 Å². The molecule has 1 heterocycles. The van der Waals surface area contributed by atoms with Crippen molar-refractivity contribution in [3.8, 4) is 22.8 Å². The Balaban J connectivity index is 1.76. The summed E-state index contributed by atoms with van der Waals surface area (Å²) < 4.78 is 16.6. The monoisotopic (exact) mass is 435 g/mol. The zero-order chi connectivity index (χ0) is 21.0. The Morgan fingerprint density at radius 2 is 1.90 bits per heavy atom. The lowest BCUT2D eigenvalue weighted by atomic mass is 10.1. The van der Waals surface area contributed by atoms with Gasteiger partial charge in [0.1, 0.15) is 29.6 Å². The lowest BCUT2D eigenvalue weighted by molar-refractivity contribution is -0.122. The first kappa shape index (κ1) is 21.0. The number of hydrogen-bond donors (Lipinski definition) is 2. The van der Waals surface area contributed by atoms with E-state index in [9.17, 15) is 9.90 Å². The maximum absolute atomic E-state index is 12.6. The van der Waals surface area contributed by atoms with Crippen LogP contribution in [0.3, 0.4) is 0 Å². The number of anilines is 1. The zero-order valence-corrected chi connectivity index (χ0v) is 17.3. The van der Waals surface area contributed by atoms with Crippen LogP contribution in [0, 0.1) is 0 Å². The number of aliphatic hydroxyl groups is 1. The highest BCUT2D eigenvalue weighted by Crippen LogP contribution is 2.34. The van der Waals surface area contributed by atoms with E-state index in [-0.39, 0.29) is 12.5 Å². The molecule has 6 nitrogen and oxygen atoms in total. The Morgan fingerprint density at radius 1 is 1.14 bits per heavy atom. The van der Waals surface area contributed by atoms with E-state index in [0.29, 0.717) is 44.3 Å². The van der Waals surface area contributed by atoms with Gasteiger partial charge in [0.05, 0.1) is 17.7 Å². The Morgan fingerprint density at radius 3 is 2.55 bits per heavy atom. The fourth-order valence-electron chi connectivity index (χ4n) is 2.64. The molecule has 2 aromatic carbocycles. The number of benzene rings is 2. The molecule has 0 saturated carbocycles. The molecule has 1 atom stereocenters. The number of rotatable bonds is 7. The molecule has 8 heteroatoms. The minimum absolute atomic E-state index is 0.207. The summed E-state index contributed by atoms with van der Waals surface area (Å²) in [6, 6.07) is 13.3. The Hall–Kier alpha value is -2.67. The van der Waals surface area contributed by atoms with Crippen molar-refractivity contribution in [2.24, 2.45) is 0 Å². The van der Waals surface area contributed by atoms with E-state index in [1.165, 1.54) is 0 Å². The van der Waals surface area contributed by atoms with Crippen molar-refractivity contribution in [2.45, 2.75) is 19.6 Å². The third-order valence-corrected chi connectivity index (χ3v) is 4.65. The molecular formula is C21H19Cl2NO5. The van der Waals surface area contributed by atoms with Gasteiger partial charge in [-0.25, -0.2) is 0 Å². The Labute approximate surface area is 178 Å². The highest BCUT2D eigenvalue weighted by Gasteiger charge is 2.18. The molecule has 29 heavy (non-hydrogen) atoms. The molecule has 0 aliphatic carbocycles. The average molecular weight is 436 g/mol. The molecule has 3 rings (SSSR count). The quantitative estimate of drug-likeness (QED) is 0.535. The molecule has 0 spiro atoms. The predicted octanol–water partition coefficient (Wildman–Crippen LogP) is 5.16. The average Bonchev–Trinajstić information content (AvgIpc) is 3.19. The molecule has 0 bridgehead atoms. The van der Waals surface area contributed by atoms with Crippen molar-refractivity contribution >= 4 is 34.8 Å². The van der Waals surface area contributed by atoms with E-state index in [1.54, 1.807) is 62.6 Å². The Bertz CT molecular complexity index is 1020. The second-order valence-corrected chi connectivity index (χ2v) is 7.01. The zero-order valence-electron chi connectivity index (χ0n) is 15.7. The molecule has 1 unspecified atom stereocenters. The number of carbonyl (C=O) groups is 1. The molecule has 0 fully saturated rings. The normalized spacial score (nSPS) is 11.8. The van der Waals surface area contributed by atoms with Crippen LogP contribution in [-0.4, -0.2) is 24.2 Å². The van der Waals surface area contributed by atoms with Crippen LogP contribution in [-0.2, 0) is 11.4 Å². The van der Waals surface area contributed by atoms with Gasteiger partial charge in [0.15, 0.2) is 6.10 Å². The number of hydrogen-bond acceptors (Lipinski definition) is 5. The van der Waals surface area contributed by atoms with Gasteiger partial charge < -0.3 is 24.3 Å². The highest BCUT2D eigenvalue weighted by molar-refractivity contribution is 6.35. The number of carbonyl (C=O) groups excluding carboxylic acids is 1. The van der Waals surface area contributed by atoms with Crippen LogP contribution in [0.4, 0.5) is 5.69 Å². The second kappa shape index (κ2) is 9.22. The van der Waals surface area contributed by atoms with Crippen molar-refractivity contribution in [2.75, 3.05) is 12.4 Å². The van der Waals surface area contributed by atoms with Crippen molar-refractivity contribution in [3.05, 3.63) is 64.3 Å². The third-order valence-electron chi connectivity index (χ3n) is 4.12. The summed E-state index contributed by atoms with van der Waals surface area (Å²) in [7, 11) is 1.54. The number of ether oxygens (including phenoxy) is 2. The molecule has 0 aliphatic heterocycles. The first-order valence-electron chi connectivity index (χ1n) is 8.72. The summed E-state index contributed by atoms with van der Waals surface area (Å²) in [6.45, 7) is 1.41. The minimum Gasteiger partial charge on any atom is -0.496 e. The summed E-state index contributed by atoms with van der Waals surface area (Å²) in [4.78, 5) is 12.6. The van der Waals surface area contributed by atoms with Gasteiger partial charge in [-0.2, -0.15) is 0 Å². The van der Waals surface area contributed by atoms with Gasteiger partial charge >= 0.3 is 0 Å². The Kier molecular flexibility index (Phi) is 6.69. The van der Waals surface area contributed by atoms with E-state index in [0.717, 1.165) is 0 Å². The van der Waals surface area contributed by atoms with Crippen LogP contribution in [0.15, 0.2) is 52.9 Å². The summed E-state index contributed by atoms with van der Waals surface area (Å²) >= 11 is 12.0. The molecule has 0 saturated heterocycles. The van der Waals surface area contributed by atoms with Crippen LogP contribution < -0.4 is 14.8 Å². The smallest absolute Gasteiger partial charge is 0.265 e. The van der Waals surface area contributed by atoms with E-state index >= 15 is 0 Å². The fraction of sp³-hybridized carbons (Fsp3) is 0.190. The number of methoxy groups -OCH3 is 1. The van der Waals surface area contributed by atoms with Crippen molar-refractivity contribution in [1.82, 2.24) is 0 Å². The SMILES string of the molecule is COc1ccc(NC(=O)C(C)Oc2ccc(Cl)cc2Cl)cc1-c1ccc(CO)o1. The number of halogens is 2. The molecule has 0 aliphatic rings. The van der Waals surface area contributed by atoms with Gasteiger partial charge in [-0.15, -0.1) is 0 Å². The minimum atomic E-state index is -0.802. The van der Waals surface area contributed by atoms with Gasteiger partial charge in [-0.05, 0) is 55.5 Å². The summed E-state index contributed by atoms with van der Waals surface area (Å²) in [5.74, 6) is 1.51. The molecule has 0 radical (unpaired) electrons. The van der Waals surface area contributed by atoms with Crippen LogP contribution in [0.1, 0.15) is 12.7 Å². The summed E-state index contributed by atoms with van der Waals surface area (Å²) in [5.41, 5.74) is 1.17. The molecule has 1 aromatic heterocycles. The van der Waals surface area contributed by atoms with E-state index in [4.69, 9.17) is 37.1 Å². The largest absolute Gasteiger partial charge is 0.496 e. The fourth-order valence-corrected chi connectivity index (χ4v) is 3.10. The van der Waals surface area contributed by atoms with Gasteiger partial charge in [0.25, 0.3) is 5.91 Å². The summed E-state index contributed by atoms with van der Waals surface area (Å²) in [6.07, 6.45) is -0.802. The molecule has 1 amide bonds. The lowest BCUT2D eigenvalue weighted by Crippen LogP contribution is -2.30. The van der Waals surface area contributed by atoms with Crippen LogP contribution in [0.25, 0.3) is 11.3 Å². The highest BCUT2D eigenvalue weighted by atomic mass is 35.5. The van der Waals surface area contributed by atoms with E-state index in [2.05, 4.69) is 5.32 Å². The van der Waals surface area contributed by atoms with Crippen LogP contribution in [0.5, 0.6) is 11.5 Å². The van der Waals surface area contributed by atoms with Crippen LogP contribution >= 0.6 is 23.2 Å². The maximum atomic E-state index is 12.6. The standard InChI is InChI=1S/C21H19Cl2NO5/c1-12(28-20-6-3-13(22)9-17(20)23)21(26)24-14-4-7-18(27-2)16(10-14)19-8-5-15(11-25)29-19/h3-10,12,25H,11H2,1-2H3,(H,24,26).